The van der Waals surface area contributed by atoms with Gasteiger partial charge in [0.15, 0.2) is 12.1 Å². The van der Waals surface area contributed by atoms with Crippen molar-refractivity contribution in [2.45, 2.75) is 52.5 Å². The number of nitrogens with zero attached hydrogens (tertiary/aromatic N) is 4. The van der Waals surface area contributed by atoms with Crippen LogP contribution in [0.15, 0.2) is 30.5 Å². The molecule has 0 saturated carbocycles. The van der Waals surface area contributed by atoms with E-state index in [4.69, 9.17) is 5.26 Å². The van der Waals surface area contributed by atoms with Crippen LogP contribution in [0.2, 0.25) is 0 Å². The molecule has 0 radical (unpaired) electrons. The Morgan fingerprint density at radius 2 is 1.94 bits per heavy atom. The van der Waals surface area contributed by atoms with Crippen molar-refractivity contribution in [3.8, 4) is 6.07 Å². The number of H-pyrrole nitrogens is 1. The second-order valence-corrected chi connectivity index (χ2v) is 10.9. The molecule has 0 atom stereocenters. The Morgan fingerprint density at radius 3 is 2.46 bits per heavy atom. The molecule has 1 aliphatic heterocycles. The number of imidazole rings is 1. The molecule has 7 heteroatoms. The number of anilines is 1. The second-order valence-electron chi connectivity index (χ2n) is 10.9. The zero-order chi connectivity index (χ0) is 25.6. The van der Waals surface area contributed by atoms with E-state index in [0.29, 0.717) is 17.4 Å². The minimum absolute atomic E-state index is 0.0662. The van der Waals surface area contributed by atoms with Gasteiger partial charge in [-0.25, -0.2) is 4.98 Å². The van der Waals surface area contributed by atoms with E-state index in [0.717, 1.165) is 26.2 Å². The number of aromatic nitrogens is 2. The first-order chi connectivity index (χ1) is 16.6. The summed E-state index contributed by atoms with van der Waals surface area (Å²) in [6, 6.07) is 8.86. The molecule has 1 aromatic carbocycles. The topological polar surface area (TPSA) is 88.0 Å². The van der Waals surface area contributed by atoms with Crippen LogP contribution in [0.1, 0.15) is 74.4 Å². The summed E-state index contributed by atoms with van der Waals surface area (Å²) in [4.78, 5) is 21.0. The highest BCUT2D eigenvalue weighted by molar-refractivity contribution is 5.77. The Bertz CT molecular complexity index is 1080. The van der Waals surface area contributed by atoms with Gasteiger partial charge in [0, 0.05) is 50.0 Å². The average Bonchev–Trinajstić information content (AvgIpc) is 3.33. The van der Waals surface area contributed by atoms with Gasteiger partial charge in [0.1, 0.15) is 11.8 Å². The molecule has 1 aromatic heterocycles. The van der Waals surface area contributed by atoms with Crippen LogP contribution in [0, 0.1) is 16.7 Å². The fourth-order valence-electron chi connectivity index (χ4n) is 4.73. The summed E-state index contributed by atoms with van der Waals surface area (Å²) in [5.41, 5.74) is 6.43. The molecule has 2 N–H and O–H groups in total. The lowest BCUT2D eigenvalue weighted by atomic mass is 9.76. The smallest absolute Gasteiger partial charge is 0.185 e. The highest BCUT2D eigenvalue weighted by Crippen LogP contribution is 2.41. The first kappa shape index (κ1) is 26.7. The summed E-state index contributed by atoms with van der Waals surface area (Å²) in [5, 5.41) is 11.6. The molecule has 0 unspecified atom stereocenters. The molecule has 0 amide bonds. The van der Waals surface area contributed by atoms with Gasteiger partial charge in [-0.1, -0.05) is 26.0 Å². The van der Waals surface area contributed by atoms with E-state index in [-0.39, 0.29) is 11.4 Å². The van der Waals surface area contributed by atoms with E-state index in [2.05, 4.69) is 84.1 Å². The van der Waals surface area contributed by atoms with Gasteiger partial charge in [-0.2, -0.15) is 5.26 Å². The van der Waals surface area contributed by atoms with Crippen LogP contribution >= 0.6 is 0 Å². The van der Waals surface area contributed by atoms with Gasteiger partial charge in [0.25, 0.3) is 0 Å². The molecule has 35 heavy (non-hydrogen) atoms. The van der Waals surface area contributed by atoms with Crippen LogP contribution in [-0.2, 0) is 5.54 Å². The fraction of sp³-hybridized carbons (Fsp3) is 0.536. The molecule has 0 spiro atoms. The molecule has 1 aliphatic carbocycles. The molecule has 1 saturated heterocycles. The minimum Gasteiger partial charge on any atom is -0.388 e. The van der Waals surface area contributed by atoms with Gasteiger partial charge in [0.05, 0.1) is 6.20 Å². The van der Waals surface area contributed by atoms with Crippen LogP contribution in [0.3, 0.4) is 0 Å². The number of nitrogens with one attached hydrogen (secondary N) is 2. The van der Waals surface area contributed by atoms with Crippen molar-refractivity contribution in [1.82, 2.24) is 19.8 Å². The fourth-order valence-corrected chi connectivity index (χ4v) is 4.73. The van der Waals surface area contributed by atoms with E-state index in [1.807, 2.05) is 7.05 Å². The number of nitriles is 1. The highest BCUT2D eigenvalue weighted by Gasteiger charge is 2.32. The minimum atomic E-state index is 0.0662. The third-order valence-corrected chi connectivity index (χ3v) is 7.43. The predicted molar refractivity (Wildman–Crippen MR) is 142 cm³/mol. The largest absolute Gasteiger partial charge is 0.388 e. The number of allylic oxidation sites excluding steroid dienone is 2. The lowest BCUT2D eigenvalue weighted by molar-refractivity contribution is 0.0606. The molecule has 1 fully saturated rings. The number of aldehydes is 1. The third-order valence-electron chi connectivity index (χ3n) is 7.43. The molecule has 2 aromatic rings. The van der Waals surface area contributed by atoms with Crippen molar-refractivity contribution in [3.05, 3.63) is 53.1 Å². The maximum atomic E-state index is 9.93. The zero-order valence-corrected chi connectivity index (χ0v) is 22.1. The van der Waals surface area contributed by atoms with Crippen LogP contribution in [0.25, 0.3) is 5.57 Å². The van der Waals surface area contributed by atoms with E-state index in [1.54, 1.807) is 6.07 Å². The third kappa shape index (κ3) is 6.59. The van der Waals surface area contributed by atoms with Crippen molar-refractivity contribution < 1.29 is 4.79 Å². The van der Waals surface area contributed by atoms with Gasteiger partial charge < -0.3 is 15.2 Å². The Balaban J connectivity index is 0.000000320. The number of carbonyl (C=O) groups excluding carboxylic acids is 1. The second kappa shape index (κ2) is 11.2. The van der Waals surface area contributed by atoms with Gasteiger partial charge in [-0.3, -0.25) is 9.69 Å². The van der Waals surface area contributed by atoms with E-state index < -0.39 is 0 Å². The number of piperazine rings is 1. The van der Waals surface area contributed by atoms with Crippen molar-refractivity contribution >= 4 is 17.5 Å². The molecular weight excluding hydrogens is 436 g/mol. The van der Waals surface area contributed by atoms with E-state index in [1.165, 1.54) is 47.8 Å². The molecule has 7 nitrogen and oxygen atoms in total. The quantitative estimate of drug-likeness (QED) is 0.597. The Morgan fingerprint density at radius 1 is 1.23 bits per heavy atom. The van der Waals surface area contributed by atoms with Gasteiger partial charge in [-0.15, -0.1) is 0 Å². The first-order valence-corrected chi connectivity index (χ1v) is 12.4. The summed E-state index contributed by atoms with van der Waals surface area (Å²) in [6.07, 6.45) is 7.97. The number of likely N-dealkylation sites (N-methyl/N-ethyl adjacent to an activating group) is 1. The summed E-state index contributed by atoms with van der Waals surface area (Å²) in [6.45, 7) is 14.1. The van der Waals surface area contributed by atoms with Crippen molar-refractivity contribution in [2.75, 3.05) is 45.6 Å². The molecular formula is C28H40N6O. The summed E-state index contributed by atoms with van der Waals surface area (Å²) in [5.74, 6) is 0.187. The SMILES string of the molecule is CNc1ccc(C(C)(C)N2CCN(C)CC2)cc1C1=CCC(C)(C)CC1.N#Cc1cnc(C=O)[nH]1. The normalized spacial score (nSPS) is 18.6. The van der Waals surface area contributed by atoms with Crippen LogP contribution < -0.4 is 5.32 Å². The van der Waals surface area contributed by atoms with Crippen LogP contribution in [-0.4, -0.2) is 66.3 Å². The maximum absolute atomic E-state index is 9.93. The average molecular weight is 477 g/mol. The number of carbonyl (C=O) groups is 1. The monoisotopic (exact) mass is 476 g/mol. The molecule has 2 aliphatic rings. The molecule has 4 rings (SSSR count). The van der Waals surface area contributed by atoms with E-state index >= 15 is 0 Å². The Kier molecular flexibility index (Phi) is 8.52. The van der Waals surface area contributed by atoms with Crippen molar-refractivity contribution in [3.63, 3.8) is 0 Å². The first-order valence-electron chi connectivity index (χ1n) is 12.4. The van der Waals surface area contributed by atoms with Crippen molar-refractivity contribution in [1.29, 1.82) is 5.26 Å². The molecule has 188 valence electrons. The lowest BCUT2D eigenvalue weighted by Gasteiger charge is -2.44. The Labute approximate surface area is 210 Å². The Hall–Kier alpha value is -2.95. The van der Waals surface area contributed by atoms with Gasteiger partial charge >= 0.3 is 0 Å². The van der Waals surface area contributed by atoms with Gasteiger partial charge in [0.2, 0.25) is 0 Å². The standard InChI is InChI=1S/C23H37N3.C5H3N3O/c1-22(2)11-9-18(10-12-22)20-17-19(7-8-21(20)24-5)23(3,4)26-15-13-25(6)14-16-26;6-1-4-2-7-5(3-9)8-4/h7-9,17,24H,10-16H2,1-6H3;2-3H,(H,7,8). The summed E-state index contributed by atoms with van der Waals surface area (Å²) >= 11 is 0. The predicted octanol–water partition coefficient (Wildman–Crippen LogP) is 4.90. The maximum Gasteiger partial charge on any atom is 0.185 e. The lowest BCUT2D eigenvalue weighted by Crippen LogP contribution is -2.52. The van der Waals surface area contributed by atoms with Crippen molar-refractivity contribution in [2.24, 2.45) is 5.41 Å². The number of hydrogen-bond acceptors (Lipinski definition) is 6. The summed E-state index contributed by atoms with van der Waals surface area (Å²) < 4.78 is 0. The number of hydrogen-bond donors (Lipinski definition) is 2. The molecule has 0 bridgehead atoms. The number of benzene rings is 1. The van der Waals surface area contributed by atoms with Crippen LogP contribution in [0.5, 0.6) is 0 Å². The number of rotatable bonds is 5. The van der Waals surface area contributed by atoms with Crippen LogP contribution in [0.4, 0.5) is 5.69 Å². The molecule has 2 heterocycles. The summed E-state index contributed by atoms with van der Waals surface area (Å²) in [7, 11) is 4.26. The number of aromatic amines is 1. The zero-order valence-electron chi connectivity index (χ0n) is 22.1. The van der Waals surface area contributed by atoms with E-state index in [9.17, 15) is 4.79 Å². The van der Waals surface area contributed by atoms with Gasteiger partial charge in [-0.05, 0) is 68.8 Å². The highest BCUT2D eigenvalue weighted by atomic mass is 16.1.